The van der Waals surface area contributed by atoms with Gasteiger partial charge in [0, 0.05) is 7.11 Å². The van der Waals surface area contributed by atoms with E-state index in [4.69, 9.17) is 16.4 Å². The minimum Gasteiger partial charge on any atom is -0.364 e. The summed E-state index contributed by atoms with van der Waals surface area (Å²) in [4.78, 5) is 0. The molecule has 0 saturated heterocycles. The summed E-state index contributed by atoms with van der Waals surface area (Å²) in [6.07, 6.45) is 8.95. The van der Waals surface area contributed by atoms with E-state index in [1.807, 2.05) is 0 Å². The molecule has 0 aliphatic heterocycles. The van der Waals surface area contributed by atoms with Crippen molar-refractivity contribution < 1.29 is 4.74 Å². The van der Waals surface area contributed by atoms with E-state index in [0.29, 0.717) is 0 Å². The standard InChI is InChI=1S/C11H15NO/c1-4-6-11(5-2,13-3)10(9-12)7-8-10/h2H,4,6-8H2,1,3H3/t11-/m1/s1. The van der Waals surface area contributed by atoms with E-state index in [1.165, 1.54) is 0 Å². The summed E-state index contributed by atoms with van der Waals surface area (Å²) < 4.78 is 5.39. The van der Waals surface area contributed by atoms with Crippen LogP contribution in [0.1, 0.15) is 32.6 Å². The van der Waals surface area contributed by atoms with Crippen LogP contribution in [-0.2, 0) is 4.74 Å². The number of nitrogens with zero attached hydrogens (tertiary/aromatic N) is 1. The van der Waals surface area contributed by atoms with Crippen molar-refractivity contribution in [2.75, 3.05) is 7.11 Å². The van der Waals surface area contributed by atoms with E-state index in [0.717, 1.165) is 25.7 Å². The maximum atomic E-state index is 9.06. The van der Waals surface area contributed by atoms with Gasteiger partial charge in [-0.1, -0.05) is 19.3 Å². The highest BCUT2D eigenvalue weighted by atomic mass is 16.5. The predicted octanol–water partition coefficient (Wildman–Crippen LogP) is 2.11. The third-order valence-corrected chi connectivity index (χ3v) is 2.92. The molecule has 2 heteroatoms. The Morgan fingerprint density at radius 1 is 1.62 bits per heavy atom. The van der Waals surface area contributed by atoms with Crippen molar-refractivity contribution in [3.8, 4) is 18.4 Å². The Bertz CT molecular complexity index is 267. The highest BCUT2D eigenvalue weighted by Crippen LogP contribution is 2.56. The monoisotopic (exact) mass is 177 g/mol. The van der Waals surface area contributed by atoms with Gasteiger partial charge in [-0.2, -0.15) is 5.26 Å². The first-order chi connectivity index (χ1) is 6.20. The van der Waals surface area contributed by atoms with E-state index in [-0.39, 0.29) is 0 Å². The first-order valence-corrected chi connectivity index (χ1v) is 4.64. The molecule has 1 saturated carbocycles. The Kier molecular flexibility index (Phi) is 2.64. The second-order valence-electron chi connectivity index (χ2n) is 3.62. The van der Waals surface area contributed by atoms with Crippen molar-refractivity contribution in [3.05, 3.63) is 0 Å². The summed E-state index contributed by atoms with van der Waals surface area (Å²) in [5.74, 6) is 2.68. The molecular formula is C11H15NO. The van der Waals surface area contributed by atoms with Crippen LogP contribution in [0.15, 0.2) is 0 Å². The molecule has 0 heterocycles. The molecule has 2 nitrogen and oxygen atoms in total. The van der Waals surface area contributed by atoms with Gasteiger partial charge in [-0.05, 0) is 19.3 Å². The molecule has 1 fully saturated rings. The highest BCUT2D eigenvalue weighted by molar-refractivity contribution is 5.30. The zero-order chi connectivity index (χ0) is 9.95. The van der Waals surface area contributed by atoms with E-state index >= 15 is 0 Å². The number of terminal acetylenes is 1. The number of ether oxygens (including phenoxy) is 1. The van der Waals surface area contributed by atoms with Crippen LogP contribution in [0.2, 0.25) is 0 Å². The van der Waals surface area contributed by atoms with Gasteiger partial charge in [-0.25, -0.2) is 0 Å². The van der Waals surface area contributed by atoms with E-state index in [2.05, 4.69) is 18.9 Å². The molecule has 70 valence electrons. The molecule has 1 aliphatic rings. The minimum atomic E-state index is -0.642. The molecule has 0 radical (unpaired) electrons. The van der Waals surface area contributed by atoms with Gasteiger partial charge in [0.2, 0.25) is 0 Å². The SMILES string of the molecule is C#C[C@](CCC)(OC)C1(C#N)CC1. The second-order valence-corrected chi connectivity index (χ2v) is 3.62. The number of methoxy groups -OCH3 is 1. The lowest BCUT2D eigenvalue weighted by Gasteiger charge is -2.31. The topological polar surface area (TPSA) is 33.0 Å². The fourth-order valence-corrected chi connectivity index (χ4v) is 1.89. The maximum Gasteiger partial charge on any atom is 0.146 e. The average Bonchev–Trinajstić information content (AvgIpc) is 2.95. The molecule has 0 unspecified atom stereocenters. The number of hydrogen-bond donors (Lipinski definition) is 0. The van der Waals surface area contributed by atoms with E-state index in [1.54, 1.807) is 7.11 Å². The molecule has 0 aromatic carbocycles. The van der Waals surface area contributed by atoms with Crippen LogP contribution in [-0.4, -0.2) is 12.7 Å². The van der Waals surface area contributed by atoms with Gasteiger partial charge in [0.15, 0.2) is 0 Å². The average molecular weight is 177 g/mol. The summed E-state index contributed by atoms with van der Waals surface area (Å²) in [6, 6.07) is 2.31. The zero-order valence-corrected chi connectivity index (χ0v) is 8.26. The molecule has 0 bridgehead atoms. The lowest BCUT2D eigenvalue weighted by Crippen LogP contribution is -2.39. The van der Waals surface area contributed by atoms with Gasteiger partial charge in [0.05, 0.1) is 11.5 Å². The van der Waals surface area contributed by atoms with Crippen molar-refractivity contribution in [2.24, 2.45) is 5.41 Å². The van der Waals surface area contributed by atoms with Crippen molar-refractivity contribution in [2.45, 2.75) is 38.2 Å². The van der Waals surface area contributed by atoms with Gasteiger partial charge in [0.25, 0.3) is 0 Å². The van der Waals surface area contributed by atoms with Gasteiger partial charge in [0.1, 0.15) is 5.60 Å². The smallest absolute Gasteiger partial charge is 0.146 e. The fraction of sp³-hybridized carbons (Fsp3) is 0.727. The summed E-state index contributed by atoms with van der Waals surface area (Å²) in [7, 11) is 1.60. The van der Waals surface area contributed by atoms with Crippen molar-refractivity contribution in [3.63, 3.8) is 0 Å². The molecule has 0 aromatic heterocycles. The number of rotatable bonds is 4. The van der Waals surface area contributed by atoms with Crippen LogP contribution in [0.5, 0.6) is 0 Å². The first kappa shape index (κ1) is 10.1. The van der Waals surface area contributed by atoms with Gasteiger partial charge < -0.3 is 4.74 Å². The molecule has 1 rings (SSSR count). The largest absolute Gasteiger partial charge is 0.364 e. The molecule has 1 aliphatic carbocycles. The van der Waals surface area contributed by atoms with Crippen LogP contribution in [0.4, 0.5) is 0 Å². The molecule has 0 amide bonds. The highest BCUT2D eigenvalue weighted by Gasteiger charge is 2.59. The normalized spacial score (nSPS) is 22.5. The Morgan fingerprint density at radius 3 is 2.46 bits per heavy atom. The summed E-state index contributed by atoms with van der Waals surface area (Å²) in [5, 5.41) is 9.06. The summed E-state index contributed by atoms with van der Waals surface area (Å²) in [6.45, 7) is 2.05. The van der Waals surface area contributed by atoms with Gasteiger partial charge >= 0.3 is 0 Å². The van der Waals surface area contributed by atoms with E-state index < -0.39 is 11.0 Å². The zero-order valence-electron chi connectivity index (χ0n) is 8.26. The van der Waals surface area contributed by atoms with Gasteiger partial charge in [-0.3, -0.25) is 0 Å². The Morgan fingerprint density at radius 2 is 2.23 bits per heavy atom. The van der Waals surface area contributed by atoms with Crippen molar-refractivity contribution >= 4 is 0 Å². The third-order valence-electron chi connectivity index (χ3n) is 2.92. The fourth-order valence-electron chi connectivity index (χ4n) is 1.89. The third kappa shape index (κ3) is 1.32. The van der Waals surface area contributed by atoms with Crippen molar-refractivity contribution in [1.29, 1.82) is 5.26 Å². The Hall–Kier alpha value is -0.990. The Labute approximate surface area is 79.9 Å². The van der Waals surface area contributed by atoms with E-state index in [9.17, 15) is 0 Å². The van der Waals surface area contributed by atoms with Crippen molar-refractivity contribution in [1.82, 2.24) is 0 Å². The van der Waals surface area contributed by atoms with Crippen LogP contribution in [0.3, 0.4) is 0 Å². The molecular weight excluding hydrogens is 162 g/mol. The maximum absolute atomic E-state index is 9.06. The van der Waals surface area contributed by atoms with Gasteiger partial charge in [-0.15, -0.1) is 6.42 Å². The summed E-state index contributed by atoms with van der Waals surface area (Å²) >= 11 is 0. The second kappa shape index (κ2) is 3.40. The number of nitriles is 1. The van der Waals surface area contributed by atoms with Crippen LogP contribution in [0.25, 0.3) is 0 Å². The summed E-state index contributed by atoms with van der Waals surface area (Å²) in [5.41, 5.74) is -1.04. The lowest BCUT2D eigenvalue weighted by atomic mass is 9.82. The quantitative estimate of drug-likeness (QED) is 0.616. The molecule has 0 N–H and O–H groups in total. The predicted molar refractivity (Wildman–Crippen MR) is 50.8 cm³/mol. The Balaban J connectivity index is 2.92. The van der Waals surface area contributed by atoms with Crippen LogP contribution in [0, 0.1) is 29.1 Å². The van der Waals surface area contributed by atoms with Crippen LogP contribution >= 0.6 is 0 Å². The molecule has 1 atom stereocenters. The molecule has 0 aromatic rings. The lowest BCUT2D eigenvalue weighted by molar-refractivity contribution is -0.00872. The van der Waals surface area contributed by atoms with Crippen LogP contribution < -0.4 is 0 Å². The molecule has 0 spiro atoms. The first-order valence-electron chi connectivity index (χ1n) is 4.64. The minimum absolute atomic E-state index is 0.396. The number of hydrogen-bond acceptors (Lipinski definition) is 2. The molecule has 13 heavy (non-hydrogen) atoms.